The van der Waals surface area contributed by atoms with Crippen molar-refractivity contribution in [3.05, 3.63) is 59.9 Å². The summed E-state index contributed by atoms with van der Waals surface area (Å²) in [6.07, 6.45) is 1.75. The highest BCUT2D eigenvalue weighted by molar-refractivity contribution is 7.89. The molecule has 0 amide bonds. The van der Waals surface area contributed by atoms with E-state index in [-0.39, 0.29) is 0 Å². The lowest BCUT2D eigenvalue weighted by Gasteiger charge is -2.34. The number of aryl methyl sites for hydroxylation is 2. The lowest BCUT2D eigenvalue weighted by Crippen LogP contribution is -2.49. The molecule has 0 N–H and O–H groups in total. The molecule has 1 fully saturated rings. The Morgan fingerprint density at radius 2 is 1.79 bits per heavy atom. The van der Waals surface area contributed by atoms with E-state index in [1.54, 1.807) is 22.6 Å². The predicted molar refractivity (Wildman–Crippen MR) is 107 cm³/mol. The van der Waals surface area contributed by atoms with Crippen molar-refractivity contribution in [3.63, 3.8) is 0 Å². The number of hydrogen-bond acceptors (Lipinski definition) is 6. The van der Waals surface area contributed by atoms with Gasteiger partial charge in [0.15, 0.2) is 5.76 Å². The molecule has 1 saturated heterocycles. The van der Waals surface area contributed by atoms with Crippen molar-refractivity contribution in [3.8, 4) is 11.3 Å². The van der Waals surface area contributed by atoms with E-state index in [1.807, 2.05) is 44.2 Å². The predicted octanol–water partition coefficient (Wildman–Crippen LogP) is 2.86. The minimum absolute atomic E-state index is 0.332. The van der Waals surface area contributed by atoms with Gasteiger partial charge < -0.3 is 9.42 Å². The second kappa shape index (κ2) is 7.37. The van der Waals surface area contributed by atoms with Gasteiger partial charge in [-0.3, -0.25) is 0 Å². The number of benzene rings is 1. The van der Waals surface area contributed by atoms with Crippen LogP contribution in [0.1, 0.15) is 11.3 Å². The van der Waals surface area contributed by atoms with Crippen molar-refractivity contribution in [2.45, 2.75) is 18.7 Å². The highest BCUT2D eigenvalue weighted by Gasteiger charge is 2.30. The molecular formula is C20H22N4O3S. The Morgan fingerprint density at radius 1 is 1.00 bits per heavy atom. The monoisotopic (exact) mass is 398 g/mol. The van der Waals surface area contributed by atoms with E-state index in [0.29, 0.717) is 42.4 Å². The second-order valence-electron chi connectivity index (χ2n) is 6.89. The van der Waals surface area contributed by atoms with E-state index in [0.717, 1.165) is 17.1 Å². The maximum absolute atomic E-state index is 13.2. The van der Waals surface area contributed by atoms with Crippen molar-refractivity contribution in [1.82, 2.24) is 14.4 Å². The lowest BCUT2D eigenvalue weighted by molar-refractivity contribution is 0.383. The van der Waals surface area contributed by atoms with Crippen LogP contribution in [0.5, 0.6) is 0 Å². The Kier molecular flexibility index (Phi) is 4.91. The van der Waals surface area contributed by atoms with Gasteiger partial charge in [-0.2, -0.15) is 4.31 Å². The van der Waals surface area contributed by atoms with E-state index in [4.69, 9.17) is 4.52 Å². The van der Waals surface area contributed by atoms with Crippen molar-refractivity contribution in [2.75, 3.05) is 31.1 Å². The fourth-order valence-corrected chi connectivity index (χ4v) is 5.06. The number of nitrogens with zero attached hydrogens (tertiary/aromatic N) is 4. The molecular weight excluding hydrogens is 376 g/mol. The summed E-state index contributed by atoms with van der Waals surface area (Å²) in [6.45, 7) is 5.76. The first-order valence-corrected chi connectivity index (χ1v) is 10.6. The van der Waals surface area contributed by atoms with Crippen LogP contribution in [0.2, 0.25) is 0 Å². The molecule has 1 aromatic carbocycles. The number of pyridine rings is 1. The zero-order valence-electron chi connectivity index (χ0n) is 15.9. The summed E-state index contributed by atoms with van der Waals surface area (Å²) in [5.41, 5.74) is 2.30. The van der Waals surface area contributed by atoms with Gasteiger partial charge in [-0.15, -0.1) is 0 Å². The van der Waals surface area contributed by atoms with Crippen LogP contribution in [0.25, 0.3) is 11.3 Å². The zero-order valence-corrected chi connectivity index (χ0v) is 16.7. The topological polar surface area (TPSA) is 79.5 Å². The molecule has 146 valence electrons. The Morgan fingerprint density at radius 3 is 2.39 bits per heavy atom. The van der Waals surface area contributed by atoms with Gasteiger partial charge in [0.2, 0.25) is 10.0 Å². The van der Waals surface area contributed by atoms with Gasteiger partial charge in [-0.05, 0) is 49.7 Å². The molecule has 28 heavy (non-hydrogen) atoms. The maximum atomic E-state index is 13.2. The minimum atomic E-state index is -3.55. The maximum Gasteiger partial charge on any atom is 0.243 e. The van der Waals surface area contributed by atoms with E-state index in [9.17, 15) is 8.42 Å². The summed E-state index contributed by atoms with van der Waals surface area (Å²) in [5, 5.41) is 3.89. The summed E-state index contributed by atoms with van der Waals surface area (Å²) >= 11 is 0. The fraction of sp³-hybridized carbons (Fsp3) is 0.300. The third kappa shape index (κ3) is 3.53. The molecule has 0 unspecified atom stereocenters. The standard InChI is InChI=1S/C20H22N4O3S/c1-15-13-17(18-14-16(2)22-27-18)6-7-19(15)28(25,26)24-11-9-23(10-12-24)20-5-3-4-8-21-20/h3-8,13-14H,9-12H2,1-2H3. The highest BCUT2D eigenvalue weighted by Crippen LogP contribution is 2.27. The minimum Gasteiger partial charge on any atom is -0.356 e. The molecule has 1 aliphatic heterocycles. The molecule has 8 heteroatoms. The molecule has 7 nitrogen and oxygen atoms in total. The van der Waals surface area contributed by atoms with Crippen LogP contribution in [0.15, 0.2) is 58.1 Å². The summed E-state index contributed by atoms with van der Waals surface area (Å²) in [4.78, 5) is 6.78. The Bertz CT molecular complexity index is 1070. The van der Waals surface area contributed by atoms with Gasteiger partial charge in [0, 0.05) is 44.0 Å². The molecule has 0 aliphatic carbocycles. The summed E-state index contributed by atoms with van der Waals surface area (Å²) in [6, 6.07) is 12.8. The summed E-state index contributed by atoms with van der Waals surface area (Å²) in [7, 11) is -3.55. The molecule has 0 saturated carbocycles. The number of hydrogen-bond donors (Lipinski definition) is 0. The molecule has 4 rings (SSSR count). The van der Waals surface area contributed by atoms with Gasteiger partial charge in [0.05, 0.1) is 10.6 Å². The van der Waals surface area contributed by atoms with Gasteiger partial charge in [0.25, 0.3) is 0 Å². The van der Waals surface area contributed by atoms with Gasteiger partial charge in [-0.25, -0.2) is 13.4 Å². The number of rotatable bonds is 4. The van der Waals surface area contributed by atoms with Crippen molar-refractivity contribution in [2.24, 2.45) is 0 Å². The van der Waals surface area contributed by atoms with Gasteiger partial charge in [-0.1, -0.05) is 11.2 Å². The van der Waals surface area contributed by atoms with Crippen LogP contribution < -0.4 is 4.90 Å². The van der Waals surface area contributed by atoms with Crippen LogP contribution in [-0.2, 0) is 10.0 Å². The van der Waals surface area contributed by atoms with Crippen LogP contribution in [0, 0.1) is 13.8 Å². The van der Waals surface area contributed by atoms with E-state index >= 15 is 0 Å². The molecule has 3 aromatic rings. The molecule has 0 atom stereocenters. The Labute approximate surface area is 164 Å². The Hall–Kier alpha value is -2.71. The van der Waals surface area contributed by atoms with Crippen molar-refractivity contribution >= 4 is 15.8 Å². The normalized spacial score (nSPS) is 15.7. The lowest BCUT2D eigenvalue weighted by atomic mass is 10.1. The smallest absolute Gasteiger partial charge is 0.243 e. The average molecular weight is 398 g/mol. The molecule has 0 radical (unpaired) electrons. The van der Waals surface area contributed by atoms with Crippen LogP contribution in [0.3, 0.4) is 0 Å². The number of sulfonamides is 1. The molecule has 0 bridgehead atoms. The highest BCUT2D eigenvalue weighted by atomic mass is 32.2. The Balaban J connectivity index is 1.52. The quantitative estimate of drug-likeness (QED) is 0.672. The third-order valence-corrected chi connectivity index (χ3v) is 6.98. The van der Waals surface area contributed by atoms with Crippen molar-refractivity contribution < 1.29 is 12.9 Å². The van der Waals surface area contributed by atoms with Gasteiger partial charge in [0.1, 0.15) is 5.82 Å². The SMILES string of the molecule is Cc1cc(-c2ccc(S(=O)(=O)N3CCN(c4ccccn4)CC3)c(C)c2)on1. The number of anilines is 1. The molecule has 0 spiro atoms. The first-order chi connectivity index (χ1) is 13.4. The van der Waals surface area contributed by atoms with E-state index in [1.165, 1.54) is 0 Å². The molecule has 1 aliphatic rings. The average Bonchev–Trinajstić information content (AvgIpc) is 3.15. The molecule has 3 heterocycles. The second-order valence-corrected chi connectivity index (χ2v) is 8.80. The largest absolute Gasteiger partial charge is 0.356 e. The zero-order chi connectivity index (χ0) is 19.7. The van der Waals surface area contributed by atoms with Crippen molar-refractivity contribution in [1.29, 1.82) is 0 Å². The van der Waals surface area contributed by atoms with Crippen LogP contribution in [0.4, 0.5) is 5.82 Å². The van der Waals surface area contributed by atoms with Crippen LogP contribution in [-0.4, -0.2) is 49.0 Å². The fourth-order valence-electron chi connectivity index (χ4n) is 3.43. The third-order valence-electron chi connectivity index (χ3n) is 4.92. The summed E-state index contributed by atoms with van der Waals surface area (Å²) < 4.78 is 33.1. The van der Waals surface area contributed by atoms with Crippen LogP contribution >= 0.6 is 0 Å². The van der Waals surface area contributed by atoms with E-state index < -0.39 is 10.0 Å². The van der Waals surface area contributed by atoms with E-state index in [2.05, 4.69) is 15.0 Å². The number of piperazine rings is 1. The summed E-state index contributed by atoms with van der Waals surface area (Å²) in [5.74, 6) is 1.51. The van der Waals surface area contributed by atoms with Gasteiger partial charge >= 0.3 is 0 Å². The first kappa shape index (κ1) is 18.6. The number of aromatic nitrogens is 2. The first-order valence-electron chi connectivity index (χ1n) is 9.15. The molecule has 2 aromatic heterocycles.